The third-order valence-corrected chi connectivity index (χ3v) is 6.77. The first-order chi connectivity index (χ1) is 13.3. The van der Waals surface area contributed by atoms with Gasteiger partial charge in [-0.05, 0) is 55.2 Å². The van der Waals surface area contributed by atoms with Gasteiger partial charge in [-0.2, -0.15) is 0 Å². The molecule has 3 aromatic carbocycles. The van der Waals surface area contributed by atoms with E-state index in [-0.39, 0.29) is 15.4 Å². The van der Waals surface area contributed by atoms with Gasteiger partial charge >= 0.3 is 5.97 Å². The van der Waals surface area contributed by atoms with Gasteiger partial charge in [0, 0.05) is 0 Å². The fourth-order valence-electron chi connectivity index (χ4n) is 3.54. The van der Waals surface area contributed by atoms with Gasteiger partial charge in [0.2, 0.25) is 9.84 Å². The Labute approximate surface area is 165 Å². The zero-order valence-corrected chi connectivity index (χ0v) is 17.1. The topological polar surface area (TPSA) is 60.4 Å². The van der Waals surface area contributed by atoms with Gasteiger partial charge in [0.15, 0.2) is 0 Å². The summed E-state index contributed by atoms with van der Waals surface area (Å²) in [4.78, 5) is 12.6. The van der Waals surface area contributed by atoms with E-state index in [0.29, 0.717) is 11.1 Å². The molecule has 144 valence electrons. The van der Waals surface area contributed by atoms with Crippen molar-refractivity contribution in [3.8, 4) is 11.1 Å². The van der Waals surface area contributed by atoms with Crippen LogP contribution in [0.1, 0.15) is 27.0 Å². The highest BCUT2D eigenvalue weighted by atomic mass is 32.2. The number of hydrogen-bond donors (Lipinski definition) is 0. The summed E-state index contributed by atoms with van der Waals surface area (Å²) in [6.45, 7) is 5.46. The zero-order valence-electron chi connectivity index (χ0n) is 16.3. The van der Waals surface area contributed by atoms with Crippen molar-refractivity contribution in [3.05, 3.63) is 82.9 Å². The van der Waals surface area contributed by atoms with Gasteiger partial charge in [0.05, 0.1) is 22.5 Å². The standard InChI is InChI=1S/C23H22O4S/c1-15-12-16(2)22(17(3)13-15)28(25,26)21-11-10-19(14-20(21)23(24)27-4)18-8-6-5-7-9-18/h5-14H,1-4H3. The SMILES string of the molecule is COC(=O)c1cc(-c2ccccc2)ccc1S(=O)(=O)c1c(C)cc(C)cc1C. The van der Waals surface area contributed by atoms with Crippen LogP contribution >= 0.6 is 0 Å². The van der Waals surface area contributed by atoms with E-state index in [0.717, 1.165) is 16.7 Å². The molecule has 3 rings (SSSR count). The van der Waals surface area contributed by atoms with E-state index in [1.54, 1.807) is 26.0 Å². The van der Waals surface area contributed by atoms with Crippen LogP contribution in [-0.2, 0) is 14.6 Å². The molecule has 0 atom stereocenters. The Hall–Kier alpha value is -2.92. The highest BCUT2D eigenvalue weighted by Gasteiger charge is 2.28. The van der Waals surface area contributed by atoms with E-state index in [9.17, 15) is 13.2 Å². The maximum absolute atomic E-state index is 13.5. The molecule has 5 heteroatoms. The molecule has 3 aromatic rings. The molecule has 0 N–H and O–H groups in total. The molecule has 0 radical (unpaired) electrons. The Morgan fingerprint density at radius 2 is 1.43 bits per heavy atom. The predicted octanol–water partition coefficient (Wildman–Crippen LogP) is 4.90. The lowest BCUT2D eigenvalue weighted by atomic mass is 10.0. The van der Waals surface area contributed by atoms with E-state index in [2.05, 4.69) is 0 Å². The number of ether oxygens (including phenoxy) is 1. The predicted molar refractivity (Wildman–Crippen MR) is 109 cm³/mol. The lowest BCUT2D eigenvalue weighted by Gasteiger charge is -2.15. The molecule has 0 amide bonds. The molecule has 0 aliphatic rings. The second kappa shape index (κ2) is 7.60. The molecule has 0 heterocycles. The van der Waals surface area contributed by atoms with Crippen molar-refractivity contribution < 1.29 is 17.9 Å². The summed E-state index contributed by atoms with van der Waals surface area (Å²) in [6.07, 6.45) is 0. The number of methoxy groups -OCH3 is 1. The third kappa shape index (κ3) is 3.58. The van der Waals surface area contributed by atoms with E-state index in [1.807, 2.05) is 49.4 Å². The first-order valence-electron chi connectivity index (χ1n) is 8.86. The minimum atomic E-state index is -3.90. The molecule has 4 nitrogen and oxygen atoms in total. The Morgan fingerprint density at radius 1 is 0.821 bits per heavy atom. The van der Waals surface area contributed by atoms with Crippen LogP contribution < -0.4 is 0 Å². The number of rotatable bonds is 4. The lowest BCUT2D eigenvalue weighted by molar-refractivity contribution is 0.0596. The fraction of sp³-hybridized carbons (Fsp3) is 0.174. The summed E-state index contributed by atoms with van der Waals surface area (Å²) in [5.74, 6) is -0.682. The number of carbonyl (C=O) groups is 1. The van der Waals surface area contributed by atoms with Crippen LogP contribution in [0.5, 0.6) is 0 Å². The van der Waals surface area contributed by atoms with E-state index in [1.165, 1.54) is 13.2 Å². The second-order valence-electron chi connectivity index (χ2n) is 6.80. The molecule has 0 aliphatic carbocycles. The Morgan fingerprint density at radius 3 is 2.00 bits per heavy atom. The molecule has 0 saturated heterocycles. The van der Waals surface area contributed by atoms with Crippen LogP contribution in [0.3, 0.4) is 0 Å². The highest BCUT2D eigenvalue weighted by molar-refractivity contribution is 7.91. The van der Waals surface area contributed by atoms with Gasteiger partial charge in [0.1, 0.15) is 0 Å². The second-order valence-corrected chi connectivity index (χ2v) is 8.65. The number of aryl methyl sites for hydroxylation is 3. The molecular formula is C23H22O4S. The number of sulfone groups is 1. The minimum Gasteiger partial charge on any atom is -0.465 e. The van der Waals surface area contributed by atoms with Gasteiger partial charge in [-0.3, -0.25) is 0 Å². The van der Waals surface area contributed by atoms with Gasteiger partial charge in [-0.1, -0.05) is 54.1 Å². The minimum absolute atomic E-state index is 0.0308. The number of benzene rings is 3. The van der Waals surface area contributed by atoms with Crippen molar-refractivity contribution >= 4 is 15.8 Å². The van der Waals surface area contributed by atoms with E-state index in [4.69, 9.17) is 4.74 Å². The Bertz CT molecular complexity index is 1120. The summed E-state index contributed by atoms with van der Waals surface area (Å²) < 4.78 is 31.8. The summed E-state index contributed by atoms with van der Waals surface area (Å²) in [5, 5.41) is 0. The molecular weight excluding hydrogens is 372 g/mol. The fourth-order valence-corrected chi connectivity index (χ4v) is 5.41. The average Bonchev–Trinajstić information content (AvgIpc) is 2.66. The molecule has 0 fully saturated rings. The van der Waals surface area contributed by atoms with Crippen molar-refractivity contribution in [1.29, 1.82) is 0 Å². The van der Waals surface area contributed by atoms with Crippen LogP contribution in [-0.4, -0.2) is 21.5 Å². The molecule has 0 bridgehead atoms. The van der Waals surface area contributed by atoms with Gasteiger partial charge in [0.25, 0.3) is 0 Å². The van der Waals surface area contributed by atoms with E-state index < -0.39 is 15.8 Å². The Kier molecular flexibility index (Phi) is 5.38. The summed E-state index contributed by atoms with van der Waals surface area (Å²) in [7, 11) is -2.66. The van der Waals surface area contributed by atoms with Crippen molar-refractivity contribution in [2.24, 2.45) is 0 Å². The normalized spacial score (nSPS) is 11.3. The van der Waals surface area contributed by atoms with Crippen molar-refractivity contribution in [3.63, 3.8) is 0 Å². The van der Waals surface area contributed by atoms with Crippen molar-refractivity contribution in [1.82, 2.24) is 0 Å². The van der Waals surface area contributed by atoms with E-state index >= 15 is 0 Å². The van der Waals surface area contributed by atoms with Crippen LogP contribution in [0.2, 0.25) is 0 Å². The first kappa shape index (κ1) is 19.8. The maximum Gasteiger partial charge on any atom is 0.339 e. The number of hydrogen-bond acceptors (Lipinski definition) is 4. The summed E-state index contributed by atoms with van der Waals surface area (Å²) in [6, 6.07) is 17.9. The number of esters is 1. The Balaban J connectivity index is 2.25. The summed E-state index contributed by atoms with van der Waals surface area (Å²) >= 11 is 0. The summed E-state index contributed by atoms with van der Waals surface area (Å²) in [5.41, 5.74) is 3.96. The van der Waals surface area contributed by atoms with Gasteiger partial charge < -0.3 is 4.74 Å². The monoisotopic (exact) mass is 394 g/mol. The maximum atomic E-state index is 13.5. The first-order valence-corrected chi connectivity index (χ1v) is 10.3. The molecule has 0 aliphatic heterocycles. The number of carbonyl (C=O) groups excluding carboxylic acids is 1. The highest BCUT2D eigenvalue weighted by Crippen LogP contribution is 2.32. The van der Waals surface area contributed by atoms with Crippen LogP contribution in [0.25, 0.3) is 11.1 Å². The van der Waals surface area contributed by atoms with Gasteiger partial charge in [-0.25, -0.2) is 13.2 Å². The van der Waals surface area contributed by atoms with Crippen molar-refractivity contribution in [2.45, 2.75) is 30.6 Å². The zero-order chi connectivity index (χ0) is 20.5. The average molecular weight is 394 g/mol. The van der Waals surface area contributed by atoms with Gasteiger partial charge in [-0.15, -0.1) is 0 Å². The van der Waals surface area contributed by atoms with Crippen LogP contribution in [0.4, 0.5) is 0 Å². The molecule has 0 unspecified atom stereocenters. The quantitative estimate of drug-likeness (QED) is 0.591. The largest absolute Gasteiger partial charge is 0.465 e. The van der Waals surface area contributed by atoms with Crippen LogP contribution in [0.15, 0.2) is 70.5 Å². The smallest absolute Gasteiger partial charge is 0.339 e. The van der Waals surface area contributed by atoms with Crippen LogP contribution in [0, 0.1) is 20.8 Å². The van der Waals surface area contributed by atoms with Crippen molar-refractivity contribution in [2.75, 3.05) is 7.11 Å². The molecule has 0 saturated carbocycles. The molecule has 28 heavy (non-hydrogen) atoms. The molecule has 0 aromatic heterocycles. The molecule has 0 spiro atoms. The lowest BCUT2D eigenvalue weighted by Crippen LogP contribution is -2.13. The third-order valence-electron chi connectivity index (χ3n) is 4.65.